The molecular formula is C34H25N5. The molecule has 0 spiro atoms. The Morgan fingerprint density at radius 2 is 1.08 bits per heavy atom. The summed E-state index contributed by atoms with van der Waals surface area (Å²) in [6.45, 7) is 4.23. The average molecular weight is 504 g/mol. The molecule has 0 aliphatic carbocycles. The Kier molecular flexibility index (Phi) is 4.58. The topological polar surface area (TPSA) is 40.6 Å². The van der Waals surface area contributed by atoms with Crippen molar-refractivity contribution in [2.24, 2.45) is 0 Å². The summed E-state index contributed by atoms with van der Waals surface area (Å²) < 4.78 is 6.61. The highest BCUT2D eigenvalue weighted by atomic mass is 15.2. The molecule has 3 aromatic carbocycles. The van der Waals surface area contributed by atoms with Gasteiger partial charge in [-0.2, -0.15) is 0 Å². The van der Waals surface area contributed by atoms with Gasteiger partial charge in [0.2, 0.25) is 0 Å². The monoisotopic (exact) mass is 503 g/mol. The first kappa shape index (κ1) is 21.9. The van der Waals surface area contributed by atoms with Gasteiger partial charge in [0.05, 0.1) is 11.0 Å². The minimum absolute atomic E-state index is 0.846. The van der Waals surface area contributed by atoms with Crippen LogP contribution in [0.1, 0.15) is 11.3 Å². The zero-order valence-electron chi connectivity index (χ0n) is 21.7. The smallest absolute Gasteiger partial charge is 0.149 e. The minimum atomic E-state index is 0.846. The summed E-state index contributed by atoms with van der Waals surface area (Å²) >= 11 is 0. The molecule has 0 saturated carbocycles. The first-order valence-corrected chi connectivity index (χ1v) is 13.2. The van der Waals surface area contributed by atoms with Gasteiger partial charge in [-0.1, -0.05) is 54.6 Å². The number of aromatic nitrogens is 5. The zero-order chi connectivity index (χ0) is 26.1. The van der Waals surface area contributed by atoms with E-state index in [1.165, 1.54) is 10.9 Å². The van der Waals surface area contributed by atoms with Crippen molar-refractivity contribution < 1.29 is 0 Å². The van der Waals surface area contributed by atoms with E-state index in [9.17, 15) is 0 Å². The van der Waals surface area contributed by atoms with Crippen molar-refractivity contribution in [1.82, 2.24) is 23.7 Å². The molecule has 8 rings (SSSR count). The molecule has 0 fully saturated rings. The van der Waals surface area contributed by atoms with E-state index in [2.05, 4.69) is 137 Å². The number of nitrogens with zero attached hydrogens (tertiary/aromatic N) is 5. The Morgan fingerprint density at radius 1 is 0.513 bits per heavy atom. The highest BCUT2D eigenvalue weighted by molar-refractivity contribution is 6.10. The minimum Gasteiger partial charge on any atom is -0.306 e. The molecule has 5 aromatic heterocycles. The summed E-state index contributed by atoms with van der Waals surface area (Å²) in [6, 6.07) is 38.3. The average Bonchev–Trinajstić information content (AvgIpc) is 3.61. The van der Waals surface area contributed by atoms with Crippen molar-refractivity contribution in [2.45, 2.75) is 13.8 Å². The molecule has 0 radical (unpaired) electrons. The van der Waals surface area contributed by atoms with Gasteiger partial charge in [-0.05, 0) is 74.0 Å². The maximum absolute atomic E-state index is 5.33. The van der Waals surface area contributed by atoms with E-state index in [0.717, 1.165) is 61.5 Å². The molecule has 0 aliphatic heterocycles. The van der Waals surface area contributed by atoms with Crippen LogP contribution < -0.4 is 0 Å². The van der Waals surface area contributed by atoms with Gasteiger partial charge in [0.15, 0.2) is 0 Å². The third kappa shape index (κ3) is 3.20. The van der Waals surface area contributed by atoms with Crippen molar-refractivity contribution in [3.8, 4) is 17.3 Å². The van der Waals surface area contributed by atoms with E-state index in [1.54, 1.807) is 0 Å². The zero-order valence-corrected chi connectivity index (χ0v) is 21.7. The van der Waals surface area contributed by atoms with E-state index in [-0.39, 0.29) is 0 Å². The molecule has 0 N–H and O–H groups in total. The predicted octanol–water partition coefficient (Wildman–Crippen LogP) is 8.08. The number of fused-ring (bicyclic) bond motifs is 6. The lowest BCUT2D eigenvalue weighted by atomic mass is 10.2. The van der Waals surface area contributed by atoms with Crippen LogP contribution in [0.3, 0.4) is 0 Å². The van der Waals surface area contributed by atoms with Crippen molar-refractivity contribution in [3.05, 3.63) is 127 Å². The maximum Gasteiger partial charge on any atom is 0.149 e. The Labute approximate surface area is 225 Å². The van der Waals surface area contributed by atoms with E-state index in [1.807, 2.05) is 6.07 Å². The van der Waals surface area contributed by atoms with Crippen molar-refractivity contribution >= 4 is 43.9 Å². The van der Waals surface area contributed by atoms with Gasteiger partial charge in [0, 0.05) is 39.1 Å². The van der Waals surface area contributed by atoms with Gasteiger partial charge in [-0.3, -0.25) is 9.13 Å². The lowest BCUT2D eigenvalue weighted by Gasteiger charge is -2.10. The van der Waals surface area contributed by atoms with Crippen LogP contribution in [0.25, 0.3) is 61.2 Å². The summed E-state index contributed by atoms with van der Waals surface area (Å²) in [5, 5.41) is 4.60. The molecule has 0 atom stereocenters. The molecule has 0 saturated heterocycles. The van der Waals surface area contributed by atoms with E-state index < -0.39 is 0 Å². The van der Waals surface area contributed by atoms with Gasteiger partial charge in [-0.25, -0.2) is 9.97 Å². The Balaban J connectivity index is 1.46. The van der Waals surface area contributed by atoms with Gasteiger partial charge in [0.1, 0.15) is 22.9 Å². The molecule has 5 nitrogen and oxygen atoms in total. The normalized spacial score (nSPS) is 11.8. The van der Waals surface area contributed by atoms with Crippen molar-refractivity contribution in [3.63, 3.8) is 0 Å². The SMILES string of the molecule is Cc1cc(C)n(-c2ccc3c4ccccc4n(-c4ccc5c6ccccc6n(-c6ccccc6)c5n4)c3n2)c1. The molecule has 5 heterocycles. The van der Waals surface area contributed by atoms with Crippen LogP contribution in [-0.4, -0.2) is 23.7 Å². The molecule has 186 valence electrons. The number of aryl methyl sites for hydroxylation is 2. The van der Waals surface area contributed by atoms with Crippen molar-refractivity contribution in [2.75, 3.05) is 0 Å². The first-order valence-electron chi connectivity index (χ1n) is 13.2. The number of rotatable bonds is 3. The molecule has 39 heavy (non-hydrogen) atoms. The summed E-state index contributed by atoms with van der Waals surface area (Å²) in [4.78, 5) is 10.6. The quantitative estimate of drug-likeness (QED) is 0.245. The summed E-state index contributed by atoms with van der Waals surface area (Å²) in [5.41, 5.74) is 7.53. The van der Waals surface area contributed by atoms with E-state index in [0.29, 0.717) is 0 Å². The van der Waals surface area contributed by atoms with Gasteiger partial charge < -0.3 is 4.57 Å². The van der Waals surface area contributed by atoms with E-state index in [4.69, 9.17) is 9.97 Å². The first-order chi connectivity index (χ1) is 19.2. The molecule has 8 aromatic rings. The van der Waals surface area contributed by atoms with Crippen LogP contribution >= 0.6 is 0 Å². The number of hydrogen-bond donors (Lipinski definition) is 0. The molecule has 0 aliphatic rings. The standard InChI is InChI=1S/C34H25N5/c1-22-20-23(2)37(21-22)31-18-16-28-26-13-7-9-15-30(26)39(34(28)35-31)32-19-17-27-25-12-6-8-14-29(25)38(33(27)36-32)24-10-4-3-5-11-24/h3-21H,1-2H3. The second kappa shape index (κ2) is 8.17. The third-order valence-electron chi connectivity index (χ3n) is 7.65. The van der Waals surface area contributed by atoms with Gasteiger partial charge in [0.25, 0.3) is 0 Å². The molecule has 5 heteroatoms. The second-order valence-corrected chi connectivity index (χ2v) is 10.2. The van der Waals surface area contributed by atoms with Crippen LogP contribution in [0.15, 0.2) is 115 Å². The van der Waals surface area contributed by atoms with Crippen LogP contribution in [0.2, 0.25) is 0 Å². The number of pyridine rings is 2. The lowest BCUT2D eigenvalue weighted by Crippen LogP contribution is -2.03. The Bertz CT molecular complexity index is 2190. The summed E-state index contributed by atoms with van der Waals surface area (Å²) in [6.07, 6.45) is 2.14. The van der Waals surface area contributed by atoms with E-state index >= 15 is 0 Å². The van der Waals surface area contributed by atoms with Crippen LogP contribution in [0.4, 0.5) is 0 Å². The number of para-hydroxylation sites is 3. The van der Waals surface area contributed by atoms with Gasteiger partial charge >= 0.3 is 0 Å². The Morgan fingerprint density at radius 3 is 1.74 bits per heavy atom. The molecular weight excluding hydrogens is 478 g/mol. The molecule has 0 bridgehead atoms. The summed E-state index contributed by atoms with van der Waals surface area (Å²) in [7, 11) is 0. The number of hydrogen-bond acceptors (Lipinski definition) is 2. The third-order valence-corrected chi connectivity index (χ3v) is 7.65. The largest absolute Gasteiger partial charge is 0.306 e. The molecule has 0 unspecified atom stereocenters. The van der Waals surface area contributed by atoms with Crippen LogP contribution in [0.5, 0.6) is 0 Å². The maximum atomic E-state index is 5.33. The second-order valence-electron chi connectivity index (χ2n) is 10.2. The Hall–Kier alpha value is -5.16. The fourth-order valence-corrected chi connectivity index (χ4v) is 5.98. The highest BCUT2D eigenvalue weighted by Gasteiger charge is 2.19. The fourth-order valence-electron chi connectivity index (χ4n) is 5.98. The van der Waals surface area contributed by atoms with Crippen molar-refractivity contribution in [1.29, 1.82) is 0 Å². The highest BCUT2D eigenvalue weighted by Crippen LogP contribution is 2.35. The predicted molar refractivity (Wildman–Crippen MR) is 160 cm³/mol. The van der Waals surface area contributed by atoms with Crippen LogP contribution in [-0.2, 0) is 0 Å². The van der Waals surface area contributed by atoms with Gasteiger partial charge in [-0.15, -0.1) is 0 Å². The van der Waals surface area contributed by atoms with Crippen LogP contribution in [0, 0.1) is 13.8 Å². The summed E-state index contributed by atoms with van der Waals surface area (Å²) in [5.74, 6) is 1.75. The lowest BCUT2D eigenvalue weighted by molar-refractivity contribution is 0.957. The molecule has 0 amide bonds. The number of benzene rings is 3. The fraction of sp³-hybridized carbons (Fsp3) is 0.0588.